The fraction of sp³-hybridized carbons (Fsp3) is 0.182. The lowest BCUT2D eigenvalue weighted by Crippen LogP contribution is -2.26. The van der Waals surface area contributed by atoms with Gasteiger partial charge in [0.25, 0.3) is 0 Å². The van der Waals surface area contributed by atoms with Crippen molar-refractivity contribution >= 4 is 21.6 Å². The molecule has 0 saturated heterocycles. The van der Waals surface area contributed by atoms with Crippen LogP contribution >= 0.6 is 11.6 Å². The number of nitrogens with one attached hydrogen (secondary N) is 2. The molecule has 0 aliphatic heterocycles. The van der Waals surface area contributed by atoms with Gasteiger partial charge in [-0.15, -0.1) is 0 Å². The molecule has 0 spiro atoms. The third kappa shape index (κ3) is 3.52. The van der Waals surface area contributed by atoms with Crippen LogP contribution in [0.5, 0.6) is 0 Å². The second kappa shape index (κ2) is 5.68. The lowest BCUT2D eigenvalue weighted by Gasteiger charge is -2.07. The molecule has 0 saturated carbocycles. The highest BCUT2D eigenvalue weighted by atomic mass is 35.5. The first-order valence-electron chi connectivity index (χ1n) is 5.41. The number of halogens is 2. The number of hydrogen-bond acceptors (Lipinski definition) is 3. The molecular weight excluding hydrogens is 293 g/mol. The van der Waals surface area contributed by atoms with Gasteiger partial charge in [0.05, 0.1) is 11.3 Å². The lowest BCUT2D eigenvalue weighted by atomic mass is 10.3. The Bertz CT molecular complexity index is 659. The molecule has 2 rings (SSSR count). The number of aromatic nitrogens is 2. The Morgan fingerprint density at radius 3 is 2.84 bits per heavy atom. The summed E-state index contributed by atoms with van der Waals surface area (Å²) in [5.41, 5.74) is 0.813. The Morgan fingerprint density at radius 1 is 1.42 bits per heavy atom. The van der Waals surface area contributed by atoms with E-state index in [1.807, 2.05) is 0 Å². The number of hydrogen-bond donors (Lipinski definition) is 2. The molecule has 2 aromatic rings. The van der Waals surface area contributed by atoms with E-state index in [4.69, 9.17) is 11.6 Å². The predicted octanol–water partition coefficient (Wildman–Crippen LogP) is 1.72. The summed E-state index contributed by atoms with van der Waals surface area (Å²) >= 11 is 5.72. The van der Waals surface area contributed by atoms with Gasteiger partial charge in [-0.1, -0.05) is 11.6 Å². The third-order valence-corrected chi connectivity index (χ3v) is 4.37. The number of rotatable bonds is 5. The molecule has 0 aliphatic carbocycles. The average molecular weight is 304 g/mol. The van der Waals surface area contributed by atoms with E-state index in [0.29, 0.717) is 6.42 Å². The van der Waals surface area contributed by atoms with Gasteiger partial charge < -0.3 is 4.98 Å². The van der Waals surface area contributed by atoms with E-state index >= 15 is 0 Å². The number of benzene rings is 1. The Hall–Kier alpha value is -1.44. The van der Waals surface area contributed by atoms with Crippen molar-refractivity contribution in [3.63, 3.8) is 0 Å². The summed E-state index contributed by atoms with van der Waals surface area (Å²) < 4.78 is 39.2. The molecule has 0 bridgehead atoms. The summed E-state index contributed by atoms with van der Waals surface area (Å²) in [7, 11) is -3.74. The van der Waals surface area contributed by atoms with Crippen molar-refractivity contribution in [2.24, 2.45) is 0 Å². The van der Waals surface area contributed by atoms with Crippen LogP contribution in [0.3, 0.4) is 0 Å². The Balaban J connectivity index is 2.05. The first-order valence-corrected chi connectivity index (χ1v) is 7.27. The SMILES string of the molecule is O=S(=O)(NCCc1cnc[nH]1)c1ccc(F)cc1Cl. The summed E-state index contributed by atoms with van der Waals surface area (Å²) in [4.78, 5) is 6.55. The molecule has 1 heterocycles. The van der Waals surface area contributed by atoms with Gasteiger partial charge >= 0.3 is 0 Å². The Kier molecular flexibility index (Phi) is 4.18. The second-order valence-corrected chi connectivity index (χ2v) is 5.94. The highest BCUT2D eigenvalue weighted by molar-refractivity contribution is 7.89. The molecule has 8 heteroatoms. The topological polar surface area (TPSA) is 74.8 Å². The van der Waals surface area contributed by atoms with E-state index in [1.165, 1.54) is 6.33 Å². The van der Waals surface area contributed by atoms with Gasteiger partial charge in [0.1, 0.15) is 10.7 Å². The number of nitrogens with zero attached hydrogens (tertiary/aromatic N) is 1. The molecule has 1 aromatic carbocycles. The number of aromatic amines is 1. The molecule has 5 nitrogen and oxygen atoms in total. The maximum Gasteiger partial charge on any atom is 0.242 e. The smallest absolute Gasteiger partial charge is 0.242 e. The normalized spacial score (nSPS) is 11.7. The van der Waals surface area contributed by atoms with Crippen LogP contribution in [0.2, 0.25) is 5.02 Å². The van der Waals surface area contributed by atoms with Gasteiger partial charge in [0, 0.05) is 24.9 Å². The van der Waals surface area contributed by atoms with Crippen LogP contribution in [0.1, 0.15) is 5.69 Å². The maximum absolute atomic E-state index is 12.9. The molecule has 0 unspecified atom stereocenters. The van der Waals surface area contributed by atoms with E-state index in [1.54, 1.807) is 6.20 Å². The fourth-order valence-electron chi connectivity index (χ4n) is 1.51. The van der Waals surface area contributed by atoms with Gasteiger partial charge in [-0.25, -0.2) is 22.5 Å². The van der Waals surface area contributed by atoms with Crippen molar-refractivity contribution in [3.8, 4) is 0 Å². The van der Waals surface area contributed by atoms with Crippen molar-refractivity contribution in [3.05, 3.63) is 47.3 Å². The third-order valence-electron chi connectivity index (χ3n) is 2.42. The van der Waals surface area contributed by atoms with Gasteiger partial charge in [0.2, 0.25) is 10.0 Å². The summed E-state index contributed by atoms with van der Waals surface area (Å²) in [6.07, 6.45) is 3.60. The van der Waals surface area contributed by atoms with E-state index in [2.05, 4.69) is 14.7 Å². The minimum absolute atomic E-state index is 0.139. The molecule has 102 valence electrons. The standard InChI is InChI=1S/C11H11ClFN3O2S/c12-10-5-8(13)1-2-11(10)19(17,18)16-4-3-9-6-14-7-15-9/h1-2,5-7,16H,3-4H2,(H,14,15). The summed E-state index contributed by atoms with van der Waals surface area (Å²) in [6.45, 7) is 0.193. The zero-order chi connectivity index (χ0) is 13.9. The molecule has 1 aromatic heterocycles. The van der Waals surface area contributed by atoms with Crippen LogP contribution < -0.4 is 4.72 Å². The first kappa shape index (κ1) is 14.0. The highest BCUT2D eigenvalue weighted by Gasteiger charge is 2.17. The second-order valence-electron chi connectivity index (χ2n) is 3.80. The predicted molar refractivity (Wildman–Crippen MR) is 68.9 cm³/mol. The number of imidazole rings is 1. The first-order chi connectivity index (χ1) is 8.99. The zero-order valence-corrected chi connectivity index (χ0v) is 11.3. The van der Waals surface area contributed by atoms with Gasteiger partial charge in [-0.2, -0.15) is 0 Å². The fourth-order valence-corrected chi connectivity index (χ4v) is 3.07. The van der Waals surface area contributed by atoms with E-state index < -0.39 is 15.8 Å². The number of sulfonamides is 1. The average Bonchev–Trinajstić information content (AvgIpc) is 2.81. The van der Waals surface area contributed by atoms with Crippen LogP contribution in [0.4, 0.5) is 4.39 Å². The van der Waals surface area contributed by atoms with Crippen LogP contribution in [0, 0.1) is 5.82 Å². The highest BCUT2D eigenvalue weighted by Crippen LogP contribution is 2.21. The van der Waals surface area contributed by atoms with Crippen LogP contribution in [0.15, 0.2) is 35.6 Å². The zero-order valence-electron chi connectivity index (χ0n) is 9.73. The van der Waals surface area contributed by atoms with Gasteiger partial charge in [-0.05, 0) is 18.2 Å². The van der Waals surface area contributed by atoms with E-state index in [-0.39, 0.29) is 16.5 Å². The summed E-state index contributed by atoms with van der Waals surface area (Å²) in [6, 6.07) is 3.15. The van der Waals surface area contributed by atoms with Crippen molar-refractivity contribution in [2.45, 2.75) is 11.3 Å². The molecule has 0 fully saturated rings. The summed E-state index contributed by atoms with van der Waals surface area (Å²) in [5, 5.41) is -0.144. The van der Waals surface area contributed by atoms with Crippen molar-refractivity contribution < 1.29 is 12.8 Å². The van der Waals surface area contributed by atoms with Crippen molar-refractivity contribution in [1.82, 2.24) is 14.7 Å². The van der Waals surface area contributed by atoms with Crippen LogP contribution in [-0.2, 0) is 16.4 Å². The molecule has 19 heavy (non-hydrogen) atoms. The minimum Gasteiger partial charge on any atom is -0.348 e. The van der Waals surface area contributed by atoms with E-state index in [9.17, 15) is 12.8 Å². The maximum atomic E-state index is 12.9. The van der Waals surface area contributed by atoms with Crippen molar-refractivity contribution in [2.75, 3.05) is 6.54 Å². The molecule has 0 aliphatic rings. The lowest BCUT2D eigenvalue weighted by molar-refractivity contribution is 0.580. The summed E-state index contributed by atoms with van der Waals surface area (Å²) in [5.74, 6) is -0.582. The van der Waals surface area contributed by atoms with Crippen molar-refractivity contribution in [1.29, 1.82) is 0 Å². The largest absolute Gasteiger partial charge is 0.348 e. The molecule has 0 amide bonds. The molecule has 0 radical (unpaired) electrons. The Morgan fingerprint density at radius 2 is 2.21 bits per heavy atom. The van der Waals surface area contributed by atoms with Crippen LogP contribution in [-0.4, -0.2) is 24.9 Å². The van der Waals surface area contributed by atoms with Gasteiger partial charge in [-0.3, -0.25) is 0 Å². The molecular formula is C11H11ClFN3O2S. The quantitative estimate of drug-likeness (QED) is 0.883. The monoisotopic (exact) mass is 303 g/mol. The molecule has 0 atom stereocenters. The van der Waals surface area contributed by atoms with Gasteiger partial charge in [0.15, 0.2) is 0 Å². The van der Waals surface area contributed by atoms with E-state index in [0.717, 1.165) is 23.9 Å². The minimum atomic E-state index is -3.74. The van der Waals surface area contributed by atoms with Crippen LogP contribution in [0.25, 0.3) is 0 Å². The Labute approximate surface area is 114 Å². The number of H-pyrrole nitrogens is 1. The molecule has 2 N–H and O–H groups in total.